The van der Waals surface area contributed by atoms with Gasteiger partial charge in [-0.15, -0.1) is 0 Å². The van der Waals surface area contributed by atoms with Gasteiger partial charge in [0.25, 0.3) is 5.91 Å². The number of likely N-dealkylation sites (N-methyl/N-ethyl adjacent to an activating group) is 1. The van der Waals surface area contributed by atoms with Crippen LogP contribution in [0.25, 0.3) is 6.08 Å². The molecule has 1 fully saturated rings. The van der Waals surface area contributed by atoms with E-state index in [2.05, 4.69) is 0 Å². The van der Waals surface area contributed by atoms with Gasteiger partial charge in [-0.25, -0.2) is 13.2 Å². The molecule has 1 heterocycles. The molecule has 2 rings (SSSR count). The summed E-state index contributed by atoms with van der Waals surface area (Å²) < 4.78 is 38.7. The van der Waals surface area contributed by atoms with Gasteiger partial charge in [0.1, 0.15) is 0 Å². The Kier molecular flexibility index (Phi) is 7.45. The molecule has 0 unspecified atom stereocenters. The van der Waals surface area contributed by atoms with Gasteiger partial charge in [-0.1, -0.05) is 12.1 Å². The Labute approximate surface area is 165 Å². The minimum Gasteiger partial charge on any atom is -0.493 e. The second-order valence-corrected chi connectivity index (χ2v) is 8.49. The number of sulfone groups is 1. The summed E-state index contributed by atoms with van der Waals surface area (Å²) in [5.41, 5.74) is 0.622. The molecular weight excluding hydrogens is 386 g/mol. The van der Waals surface area contributed by atoms with Gasteiger partial charge in [0.05, 0.1) is 25.7 Å². The van der Waals surface area contributed by atoms with Crippen LogP contribution in [-0.2, 0) is 24.2 Å². The standard InChI is InChI=1S/C19H25NO7S/c1-4-20(15-10-11-28(23,24)13-15)17(21)12-27-18(22)9-8-14-6-5-7-16(25-2)19(14)26-3/h5-9,15H,4,10-13H2,1-3H3/b9-8+/t15-/m0/s1. The molecule has 1 aromatic rings. The zero-order valence-corrected chi connectivity index (χ0v) is 17.0. The molecule has 0 N–H and O–H groups in total. The number of para-hydroxylation sites is 1. The van der Waals surface area contributed by atoms with Crippen molar-refractivity contribution < 1.29 is 32.2 Å². The van der Waals surface area contributed by atoms with Crippen molar-refractivity contribution in [2.24, 2.45) is 0 Å². The molecule has 0 aromatic heterocycles. The minimum absolute atomic E-state index is 0.0456. The molecule has 154 valence electrons. The van der Waals surface area contributed by atoms with Crippen LogP contribution in [-0.4, -0.2) is 70.1 Å². The maximum absolute atomic E-state index is 12.3. The smallest absolute Gasteiger partial charge is 0.331 e. The maximum Gasteiger partial charge on any atom is 0.331 e. The number of hydrogen-bond acceptors (Lipinski definition) is 7. The fraction of sp³-hybridized carbons (Fsp3) is 0.474. The zero-order chi connectivity index (χ0) is 20.7. The number of nitrogens with zero attached hydrogens (tertiary/aromatic N) is 1. The first-order valence-corrected chi connectivity index (χ1v) is 10.7. The Hall–Kier alpha value is -2.55. The van der Waals surface area contributed by atoms with Crippen molar-refractivity contribution in [2.75, 3.05) is 38.9 Å². The van der Waals surface area contributed by atoms with E-state index in [1.807, 2.05) is 0 Å². The molecule has 1 amide bonds. The lowest BCUT2D eigenvalue weighted by molar-refractivity contribution is -0.149. The average molecular weight is 411 g/mol. The first-order chi connectivity index (χ1) is 13.3. The molecule has 1 aliphatic heterocycles. The van der Waals surface area contributed by atoms with Crippen molar-refractivity contribution in [2.45, 2.75) is 19.4 Å². The maximum atomic E-state index is 12.3. The number of carbonyl (C=O) groups is 2. The van der Waals surface area contributed by atoms with Gasteiger partial charge in [0.15, 0.2) is 27.9 Å². The van der Waals surface area contributed by atoms with Gasteiger partial charge in [0, 0.05) is 24.2 Å². The number of esters is 1. The average Bonchev–Trinajstić information content (AvgIpc) is 3.04. The zero-order valence-electron chi connectivity index (χ0n) is 16.2. The first-order valence-electron chi connectivity index (χ1n) is 8.87. The summed E-state index contributed by atoms with van der Waals surface area (Å²) >= 11 is 0. The van der Waals surface area contributed by atoms with Crippen molar-refractivity contribution >= 4 is 27.8 Å². The molecular formula is C19H25NO7S. The predicted octanol–water partition coefficient (Wildman–Crippen LogP) is 1.30. The van der Waals surface area contributed by atoms with Crippen LogP contribution in [0.15, 0.2) is 24.3 Å². The number of methoxy groups -OCH3 is 2. The molecule has 0 saturated carbocycles. The Morgan fingerprint density at radius 1 is 1.25 bits per heavy atom. The van der Waals surface area contributed by atoms with E-state index in [1.165, 1.54) is 31.3 Å². The monoisotopic (exact) mass is 411 g/mol. The van der Waals surface area contributed by atoms with Crippen LogP contribution < -0.4 is 9.47 Å². The number of ether oxygens (including phenoxy) is 3. The summed E-state index contributed by atoms with van der Waals surface area (Å²) in [6.07, 6.45) is 3.11. The third kappa shape index (κ3) is 5.48. The van der Waals surface area contributed by atoms with Crippen molar-refractivity contribution in [3.8, 4) is 11.5 Å². The summed E-state index contributed by atoms with van der Waals surface area (Å²) in [5.74, 6) is -0.0655. The minimum atomic E-state index is -3.10. The summed E-state index contributed by atoms with van der Waals surface area (Å²) in [6.45, 7) is 1.68. The van der Waals surface area contributed by atoms with Gasteiger partial charge < -0.3 is 19.1 Å². The molecule has 1 aromatic carbocycles. The number of rotatable bonds is 8. The third-order valence-corrected chi connectivity index (χ3v) is 6.23. The van der Waals surface area contributed by atoms with E-state index in [0.717, 1.165) is 0 Å². The molecule has 9 heteroatoms. The van der Waals surface area contributed by atoms with E-state index in [-0.39, 0.29) is 17.5 Å². The van der Waals surface area contributed by atoms with E-state index in [1.54, 1.807) is 25.1 Å². The highest BCUT2D eigenvalue weighted by molar-refractivity contribution is 7.91. The summed E-state index contributed by atoms with van der Waals surface area (Å²) in [4.78, 5) is 25.7. The molecule has 1 saturated heterocycles. The fourth-order valence-corrected chi connectivity index (χ4v) is 4.86. The molecule has 0 radical (unpaired) electrons. The fourth-order valence-electron chi connectivity index (χ4n) is 3.12. The van der Waals surface area contributed by atoms with Crippen molar-refractivity contribution in [3.63, 3.8) is 0 Å². The molecule has 8 nitrogen and oxygen atoms in total. The number of amides is 1. The van der Waals surface area contributed by atoms with Gasteiger partial charge in [-0.2, -0.15) is 0 Å². The van der Waals surface area contributed by atoms with Gasteiger partial charge >= 0.3 is 5.97 Å². The molecule has 0 bridgehead atoms. The van der Waals surface area contributed by atoms with Crippen LogP contribution in [0.2, 0.25) is 0 Å². The molecule has 1 atom stereocenters. The molecule has 28 heavy (non-hydrogen) atoms. The quantitative estimate of drug-likeness (QED) is 0.469. The predicted molar refractivity (Wildman–Crippen MR) is 104 cm³/mol. The summed E-state index contributed by atoms with van der Waals surface area (Å²) in [6, 6.07) is 4.87. The van der Waals surface area contributed by atoms with Crippen molar-refractivity contribution in [1.29, 1.82) is 0 Å². The molecule has 0 aliphatic carbocycles. The van der Waals surface area contributed by atoms with Crippen LogP contribution in [0.5, 0.6) is 11.5 Å². The Bertz CT molecular complexity index is 848. The van der Waals surface area contributed by atoms with Crippen LogP contribution in [0.1, 0.15) is 18.9 Å². The Morgan fingerprint density at radius 2 is 2.00 bits per heavy atom. The first kappa shape index (κ1) is 21.7. The summed E-state index contributed by atoms with van der Waals surface area (Å²) in [7, 11) is -0.0930. The molecule has 1 aliphatic rings. The van der Waals surface area contributed by atoms with E-state index < -0.39 is 28.3 Å². The highest BCUT2D eigenvalue weighted by atomic mass is 32.2. The van der Waals surface area contributed by atoms with E-state index in [0.29, 0.717) is 30.0 Å². The lowest BCUT2D eigenvalue weighted by Crippen LogP contribution is -2.43. The Balaban J connectivity index is 1.95. The highest BCUT2D eigenvalue weighted by Gasteiger charge is 2.34. The van der Waals surface area contributed by atoms with E-state index in [4.69, 9.17) is 14.2 Å². The second-order valence-electron chi connectivity index (χ2n) is 6.26. The van der Waals surface area contributed by atoms with Crippen molar-refractivity contribution in [1.82, 2.24) is 4.90 Å². The number of hydrogen-bond donors (Lipinski definition) is 0. The molecule has 0 spiro atoms. The highest BCUT2D eigenvalue weighted by Crippen LogP contribution is 2.31. The van der Waals surface area contributed by atoms with E-state index in [9.17, 15) is 18.0 Å². The normalized spacial score (nSPS) is 18.0. The van der Waals surface area contributed by atoms with Crippen molar-refractivity contribution in [3.05, 3.63) is 29.8 Å². The van der Waals surface area contributed by atoms with Crippen LogP contribution >= 0.6 is 0 Å². The lowest BCUT2D eigenvalue weighted by atomic mass is 10.1. The van der Waals surface area contributed by atoms with E-state index >= 15 is 0 Å². The number of benzene rings is 1. The topological polar surface area (TPSA) is 99.2 Å². The van der Waals surface area contributed by atoms with Crippen LogP contribution in [0.4, 0.5) is 0 Å². The number of carbonyl (C=O) groups excluding carboxylic acids is 2. The lowest BCUT2D eigenvalue weighted by Gasteiger charge is -2.26. The van der Waals surface area contributed by atoms with Gasteiger partial charge in [-0.3, -0.25) is 4.79 Å². The Morgan fingerprint density at radius 3 is 2.57 bits per heavy atom. The van der Waals surface area contributed by atoms with Gasteiger partial charge in [-0.05, 0) is 25.5 Å². The van der Waals surface area contributed by atoms with Crippen LogP contribution in [0, 0.1) is 0 Å². The SMILES string of the molecule is CCN(C(=O)COC(=O)/C=C/c1cccc(OC)c1OC)[C@H]1CCS(=O)(=O)C1. The third-order valence-electron chi connectivity index (χ3n) is 4.48. The summed E-state index contributed by atoms with van der Waals surface area (Å²) in [5, 5.41) is 0. The van der Waals surface area contributed by atoms with Gasteiger partial charge in [0.2, 0.25) is 0 Å². The second kappa shape index (κ2) is 9.59. The largest absolute Gasteiger partial charge is 0.493 e. The van der Waals surface area contributed by atoms with Crippen LogP contribution in [0.3, 0.4) is 0 Å².